The van der Waals surface area contributed by atoms with Gasteiger partial charge in [0.05, 0.1) is 57.7 Å². The van der Waals surface area contributed by atoms with Gasteiger partial charge in [-0.15, -0.1) is 0 Å². The molecule has 0 atom stereocenters. The van der Waals surface area contributed by atoms with Crippen molar-refractivity contribution >= 4 is 43.6 Å². The van der Waals surface area contributed by atoms with Gasteiger partial charge in [-0.05, 0) is 158 Å². The molecule has 0 saturated heterocycles. The topological polar surface area (TPSA) is 87.2 Å². The molecule has 81 heavy (non-hydrogen) atoms. The molecule has 0 aliphatic heterocycles. The Morgan fingerprint density at radius 2 is 0.679 bits per heavy atom. The number of hydrogen-bond acceptors (Lipinski definition) is 6. The molecule has 0 radical (unpaired) electrons. The van der Waals surface area contributed by atoms with Gasteiger partial charge in [-0.25, -0.2) is 0 Å². The van der Waals surface area contributed by atoms with Crippen LogP contribution < -0.4 is 0 Å². The summed E-state index contributed by atoms with van der Waals surface area (Å²) in [5, 5.41) is 4.72. The molecule has 5 aromatic heterocycles. The zero-order valence-electron chi connectivity index (χ0n) is 43.7. The monoisotopic (exact) mass is 1030 g/mol. The average molecular weight is 1040 g/mol. The molecule has 0 unspecified atom stereocenters. The lowest BCUT2D eigenvalue weighted by Crippen LogP contribution is -1.95. The van der Waals surface area contributed by atoms with Crippen molar-refractivity contribution in [1.29, 1.82) is 0 Å². The minimum absolute atomic E-state index is 0.838. The molecule has 0 spiro atoms. The van der Waals surface area contributed by atoms with E-state index in [0.29, 0.717) is 0 Å². The standard InChI is InChI=1S/C73H46N8/c1-2-11-55(12-3-1)80-70-25-21-49(39-63(70)65-40-52(22-27-71(65)80)57-13-4-6-15-59(57)68-44-75-30-33-78-68)47-17-18-50-36-51-19-24-56(42-62(51)61(50)37-47)81-72-26-20-48(46-9-8-10-54(35-46)67-43-74-29-32-77-67)38-64(72)66-41-53(23-28-73(66)81)58-14-5-7-16-60(58)69-45-76-31-34-79-69/h1-35,37-45H,36H2. The first kappa shape index (κ1) is 46.2. The highest BCUT2D eigenvalue weighted by Crippen LogP contribution is 2.45. The third-order valence-corrected chi connectivity index (χ3v) is 16.2. The average Bonchev–Trinajstić information content (AvgIpc) is 3.74. The molecule has 0 fully saturated rings. The quantitative estimate of drug-likeness (QED) is 0.143. The molecule has 0 saturated carbocycles. The molecule has 1 aliphatic rings. The summed E-state index contributed by atoms with van der Waals surface area (Å²) in [5.74, 6) is 0. The molecular formula is C73H46N8. The van der Waals surface area contributed by atoms with Crippen LogP contribution in [0, 0.1) is 0 Å². The van der Waals surface area contributed by atoms with Gasteiger partial charge in [-0.1, -0.05) is 127 Å². The first-order valence-electron chi connectivity index (χ1n) is 27.2. The molecule has 15 aromatic rings. The van der Waals surface area contributed by atoms with Crippen molar-refractivity contribution in [3.8, 4) is 101 Å². The van der Waals surface area contributed by atoms with Crippen molar-refractivity contribution < 1.29 is 0 Å². The second-order valence-electron chi connectivity index (χ2n) is 20.8. The van der Waals surface area contributed by atoms with E-state index in [4.69, 9.17) is 4.98 Å². The number of para-hydroxylation sites is 1. The van der Waals surface area contributed by atoms with Gasteiger partial charge in [-0.3, -0.25) is 29.9 Å². The fourth-order valence-corrected chi connectivity index (χ4v) is 12.4. The smallest absolute Gasteiger partial charge is 0.0891 e. The van der Waals surface area contributed by atoms with Crippen LogP contribution in [0.1, 0.15) is 11.1 Å². The molecule has 0 N–H and O–H groups in total. The van der Waals surface area contributed by atoms with Gasteiger partial charge < -0.3 is 9.13 Å². The molecular weight excluding hydrogens is 989 g/mol. The van der Waals surface area contributed by atoms with E-state index < -0.39 is 0 Å². The minimum atomic E-state index is 0.838. The third-order valence-electron chi connectivity index (χ3n) is 16.2. The van der Waals surface area contributed by atoms with Crippen molar-refractivity contribution in [2.45, 2.75) is 6.42 Å². The summed E-state index contributed by atoms with van der Waals surface area (Å²) < 4.78 is 4.84. The Hall–Kier alpha value is -11.0. The maximum Gasteiger partial charge on any atom is 0.0891 e. The summed E-state index contributed by atoms with van der Waals surface area (Å²) in [6.07, 6.45) is 16.8. The van der Waals surface area contributed by atoms with Crippen molar-refractivity contribution in [3.05, 3.63) is 279 Å². The maximum absolute atomic E-state index is 4.71. The highest BCUT2D eigenvalue weighted by Gasteiger charge is 2.24. The number of nitrogens with zero attached hydrogens (tertiary/aromatic N) is 8. The first-order valence-corrected chi connectivity index (χ1v) is 27.2. The second kappa shape index (κ2) is 18.9. The van der Waals surface area contributed by atoms with Crippen molar-refractivity contribution in [2.75, 3.05) is 0 Å². The van der Waals surface area contributed by atoms with Gasteiger partial charge >= 0.3 is 0 Å². The molecule has 8 heteroatoms. The normalized spacial score (nSPS) is 11.9. The van der Waals surface area contributed by atoms with Gasteiger partial charge in [0.2, 0.25) is 0 Å². The van der Waals surface area contributed by atoms with E-state index in [0.717, 1.165) is 112 Å². The summed E-state index contributed by atoms with van der Waals surface area (Å²) in [7, 11) is 0. The Morgan fingerprint density at radius 3 is 1.22 bits per heavy atom. The SMILES string of the molecule is c1ccc(-n2c3ccc(-c4ccc5c(c4)-c4cc(-n6c7ccc(-c8cccc(-c9cnccn9)c8)cc7c7cc(-c8ccccc8-c8cnccn8)ccc76)ccc4C5)cc3c3cc(-c4ccccc4-c4cnccn4)ccc32)cc1. The van der Waals surface area contributed by atoms with Crippen LogP contribution >= 0.6 is 0 Å². The molecule has 8 nitrogen and oxygen atoms in total. The van der Waals surface area contributed by atoms with E-state index in [1.54, 1.807) is 37.2 Å². The third kappa shape index (κ3) is 7.83. The van der Waals surface area contributed by atoms with E-state index in [2.05, 4.69) is 246 Å². The molecule has 0 amide bonds. The van der Waals surface area contributed by atoms with Crippen molar-refractivity contribution in [2.24, 2.45) is 0 Å². The Balaban J connectivity index is 0.828. The molecule has 0 bridgehead atoms. The fourth-order valence-electron chi connectivity index (χ4n) is 12.4. The second-order valence-corrected chi connectivity index (χ2v) is 20.8. The van der Waals surface area contributed by atoms with Gasteiger partial charge in [0.25, 0.3) is 0 Å². The lowest BCUT2D eigenvalue weighted by atomic mass is 9.95. The molecule has 16 rings (SSSR count). The first-order chi connectivity index (χ1) is 40.1. The van der Waals surface area contributed by atoms with Crippen LogP contribution in [0.25, 0.3) is 144 Å². The van der Waals surface area contributed by atoms with Crippen molar-refractivity contribution in [3.63, 3.8) is 0 Å². The number of rotatable bonds is 9. The minimum Gasteiger partial charge on any atom is -0.309 e. The summed E-state index contributed by atoms with van der Waals surface area (Å²) in [6, 6.07) is 78.0. The number of fused-ring (bicyclic) bond motifs is 9. The van der Waals surface area contributed by atoms with E-state index >= 15 is 0 Å². The highest BCUT2D eigenvalue weighted by molar-refractivity contribution is 6.13. The Morgan fingerprint density at radius 1 is 0.259 bits per heavy atom. The Kier molecular flexibility index (Phi) is 10.8. The van der Waals surface area contributed by atoms with Crippen LogP contribution in [-0.4, -0.2) is 39.0 Å². The largest absolute Gasteiger partial charge is 0.309 e. The number of aromatic nitrogens is 8. The van der Waals surface area contributed by atoms with Crippen LogP contribution in [0.4, 0.5) is 0 Å². The summed E-state index contributed by atoms with van der Waals surface area (Å²) in [5.41, 5.74) is 26.7. The predicted octanol–water partition coefficient (Wildman–Crippen LogP) is 17.5. The van der Waals surface area contributed by atoms with Crippen LogP contribution in [0.2, 0.25) is 0 Å². The van der Waals surface area contributed by atoms with E-state index in [1.807, 2.05) is 18.6 Å². The van der Waals surface area contributed by atoms with E-state index in [1.165, 1.54) is 49.5 Å². The molecule has 10 aromatic carbocycles. The fraction of sp³-hybridized carbons (Fsp3) is 0.0137. The zero-order chi connectivity index (χ0) is 53.4. The number of hydrogen-bond donors (Lipinski definition) is 0. The molecule has 5 heterocycles. The lowest BCUT2D eigenvalue weighted by Gasteiger charge is -2.12. The van der Waals surface area contributed by atoms with Gasteiger partial charge in [0.1, 0.15) is 0 Å². The van der Waals surface area contributed by atoms with Crippen molar-refractivity contribution in [1.82, 2.24) is 39.0 Å². The van der Waals surface area contributed by atoms with E-state index in [-0.39, 0.29) is 0 Å². The highest BCUT2D eigenvalue weighted by atomic mass is 15.0. The van der Waals surface area contributed by atoms with Crippen LogP contribution in [-0.2, 0) is 6.42 Å². The molecule has 1 aliphatic carbocycles. The summed E-state index contributed by atoms with van der Waals surface area (Å²) in [6.45, 7) is 0. The summed E-state index contributed by atoms with van der Waals surface area (Å²) in [4.78, 5) is 27.2. The lowest BCUT2D eigenvalue weighted by molar-refractivity contribution is 1.17. The predicted molar refractivity (Wildman–Crippen MR) is 328 cm³/mol. The Labute approximate surface area is 466 Å². The van der Waals surface area contributed by atoms with Gasteiger partial charge in [0.15, 0.2) is 0 Å². The van der Waals surface area contributed by atoms with Gasteiger partial charge in [0, 0.05) is 86.8 Å². The number of benzene rings is 10. The maximum atomic E-state index is 4.71. The van der Waals surface area contributed by atoms with Crippen LogP contribution in [0.5, 0.6) is 0 Å². The molecule has 378 valence electrons. The zero-order valence-corrected chi connectivity index (χ0v) is 43.7. The van der Waals surface area contributed by atoms with Crippen LogP contribution in [0.3, 0.4) is 0 Å². The van der Waals surface area contributed by atoms with Crippen LogP contribution in [0.15, 0.2) is 268 Å². The summed E-state index contributed by atoms with van der Waals surface area (Å²) >= 11 is 0. The van der Waals surface area contributed by atoms with Gasteiger partial charge in [-0.2, -0.15) is 0 Å². The van der Waals surface area contributed by atoms with E-state index in [9.17, 15) is 0 Å². The Bertz CT molecular complexity index is 4950.